The number of primary amides is 2. The molecule has 0 bridgehead atoms. The summed E-state index contributed by atoms with van der Waals surface area (Å²) in [4.78, 5) is 290. The van der Waals surface area contributed by atoms with Crippen molar-refractivity contribution in [2.45, 2.75) is 300 Å². The van der Waals surface area contributed by atoms with Gasteiger partial charge in [0.2, 0.25) is 100 Å². The van der Waals surface area contributed by atoms with E-state index in [0.717, 1.165) is 4.90 Å². The molecule has 1 fully saturated rings. The normalized spacial score (nSPS) is 15.8. The van der Waals surface area contributed by atoms with Gasteiger partial charge in [-0.15, -0.1) is 0 Å². The molecule has 3 rings (SSSR count). The topological polar surface area (TPSA) is 828 Å². The van der Waals surface area contributed by atoms with Crippen molar-refractivity contribution in [3.05, 3.63) is 59.7 Å². The summed E-state index contributed by atoms with van der Waals surface area (Å²) in [5.74, 6) is -27.2. The number of aromatic hydroxyl groups is 2. The first-order chi connectivity index (χ1) is 65.0. The van der Waals surface area contributed by atoms with Crippen molar-refractivity contribution in [1.82, 2.24) is 79.3 Å². The maximum atomic E-state index is 14.8. The molecule has 33 N–H and O–H groups in total. The second-order valence-corrected chi connectivity index (χ2v) is 35.3. The summed E-state index contributed by atoms with van der Waals surface area (Å²) < 4.78 is 0. The van der Waals surface area contributed by atoms with E-state index in [0.29, 0.717) is 18.4 Å². The number of amides is 17. The number of aliphatic hydroxyl groups excluding tert-OH is 1. The van der Waals surface area contributed by atoms with Crippen LogP contribution in [0.3, 0.4) is 0 Å². The fourth-order valence-electron chi connectivity index (χ4n) is 14.7. The van der Waals surface area contributed by atoms with Gasteiger partial charge < -0.3 is 149 Å². The lowest BCUT2D eigenvalue weighted by Crippen LogP contribution is -2.62. The average molecular weight is 1950 g/mol. The van der Waals surface area contributed by atoms with Crippen LogP contribution in [0.15, 0.2) is 48.5 Å². The van der Waals surface area contributed by atoms with E-state index in [2.05, 4.69) is 74.4 Å². The van der Waals surface area contributed by atoms with E-state index >= 15 is 0 Å². The van der Waals surface area contributed by atoms with E-state index < -0.39 is 297 Å². The van der Waals surface area contributed by atoms with Crippen molar-refractivity contribution >= 4 is 124 Å². The third-order valence-corrected chi connectivity index (χ3v) is 22.5. The molecule has 49 nitrogen and oxygen atoms in total. The maximum Gasteiger partial charge on any atom is 0.326 e. The molecule has 0 unspecified atom stereocenters. The Morgan fingerprint density at radius 3 is 1.14 bits per heavy atom. The molecule has 0 aromatic heterocycles. The zero-order chi connectivity index (χ0) is 104. The summed E-state index contributed by atoms with van der Waals surface area (Å²) in [5, 5.41) is 105. The van der Waals surface area contributed by atoms with Crippen LogP contribution in [0.2, 0.25) is 0 Å². The van der Waals surface area contributed by atoms with E-state index in [9.17, 15) is 136 Å². The second kappa shape index (κ2) is 61.0. The molecular weight excluding hydrogens is 1810 g/mol. The summed E-state index contributed by atoms with van der Waals surface area (Å²) in [6, 6.07) is -16.0. The Labute approximate surface area is 798 Å². The summed E-state index contributed by atoms with van der Waals surface area (Å²) >= 11 is 0. The van der Waals surface area contributed by atoms with Gasteiger partial charge in [-0.05, 0) is 175 Å². The highest BCUT2D eigenvalue weighted by atomic mass is 16.4. The van der Waals surface area contributed by atoms with E-state index in [-0.39, 0.29) is 133 Å². The van der Waals surface area contributed by atoms with Gasteiger partial charge in [0.25, 0.3) is 0 Å². The highest BCUT2D eigenvalue weighted by molar-refractivity contribution is 6.02. The number of nitrogens with two attached hydrogens (primary N) is 6. The Balaban J connectivity index is 1.98. The van der Waals surface area contributed by atoms with Gasteiger partial charge in [0.05, 0.1) is 31.9 Å². The number of likely N-dealkylation sites (tertiary alicyclic amines) is 1. The first-order valence-electron chi connectivity index (χ1n) is 46.0. The molecule has 1 aliphatic rings. The van der Waals surface area contributed by atoms with Crippen LogP contribution < -0.4 is 109 Å². The number of hydrogen-bond donors (Lipinski definition) is 27. The Hall–Kier alpha value is -13.3. The molecule has 0 saturated carbocycles. The number of carboxylic acid groups (broad SMARTS) is 4. The number of benzene rings is 2. The SMILES string of the molecule is CC[C@H](C)[C@H](NC(=O)[C@H](CCC(=O)O)NC(=O)[C@H](CO)NC(=O)[C@H](CC(C)C)NC(=O)[C@H](CC(=O)O)NC(=O)[C@@H]1CCCN1C(=O)[C@H](Cc1ccc(O)cc1)NC(=O)[C@H](CC(C)C)NC(=O)[C@@H](N)CC(N)=O)C(=O)N[C@@H](CCCCN)C(=O)N[C@@H](CCCCN)C(=O)N[C@@H](CCC(=O)O)C(=O)N[C@@H](Cc1ccc(O)cc1)C(=O)N[C@@H](CC(N)=O)C(=O)N[C@H](C(=O)N[C@@H](CCCCN)C(=O)O)C(C)C. The van der Waals surface area contributed by atoms with Gasteiger partial charge in [-0.1, -0.05) is 86.1 Å². The summed E-state index contributed by atoms with van der Waals surface area (Å²) in [6.07, 6.45) is -5.45. The lowest BCUT2D eigenvalue weighted by atomic mass is 9.96. The van der Waals surface area contributed by atoms with Gasteiger partial charge in [0.1, 0.15) is 102 Å². The smallest absolute Gasteiger partial charge is 0.326 e. The van der Waals surface area contributed by atoms with Gasteiger partial charge in [-0.25, -0.2) is 4.79 Å². The number of carboxylic acids is 4. The largest absolute Gasteiger partial charge is 0.508 e. The molecule has 0 aliphatic carbocycles. The number of nitrogens with one attached hydrogen (secondary N) is 14. The Kier molecular flexibility index (Phi) is 52.6. The average Bonchev–Trinajstić information content (AvgIpc) is 1.64. The maximum absolute atomic E-state index is 14.8. The summed E-state index contributed by atoms with van der Waals surface area (Å²) in [6.45, 7) is 11.8. The molecule has 1 saturated heterocycles. The number of phenols is 2. The van der Waals surface area contributed by atoms with Crippen molar-refractivity contribution in [3.8, 4) is 11.5 Å². The lowest BCUT2D eigenvalue weighted by molar-refractivity contribution is -0.144. The molecule has 2 aromatic rings. The molecule has 2 aromatic carbocycles. The number of rotatable bonds is 66. The molecule has 0 radical (unpaired) electrons. The van der Waals surface area contributed by atoms with Crippen LogP contribution in [-0.4, -0.2) is 294 Å². The molecule has 49 heteroatoms. The number of phenolic OH excluding ortho intramolecular Hbond substituents is 2. The second-order valence-electron chi connectivity index (χ2n) is 35.3. The molecule has 138 heavy (non-hydrogen) atoms. The minimum Gasteiger partial charge on any atom is -0.508 e. The monoisotopic (exact) mass is 1950 g/mol. The Bertz CT molecular complexity index is 4470. The van der Waals surface area contributed by atoms with Crippen molar-refractivity contribution < 1.29 is 136 Å². The van der Waals surface area contributed by atoms with Gasteiger partial charge in [0, 0.05) is 32.2 Å². The predicted molar refractivity (Wildman–Crippen MR) is 494 cm³/mol. The first kappa shape index (κ1) is 119. The molecule has 770 valence electrons. The number of carbonyl (C=O) groups is 21. The predicted octanol–water partition coefficient (Wildman–Crippen LogP) is -5.80. The van der Waals surface area contributed by atoms with Crippen molar-refractivity contribution in [2.24, 2.45) is 58.1 Å². The highest BCUT2D eigenvalue weighted by Gasteiger charge is 2.44. The van der Waals surface area contributed by atoms with Crippen LogP contribution in [0.1, 0.15) is 201 Å². The van der Waals surface area contributed by atoms with Gasteiger partial charge in [0.15, 0.2) is 0 Å². The number of aliphatic carboxylic acids is 4. The van der Waals surface area contributed by atoms with Crippen LogP contribution in [-0.2, 0) is 114 Å². The summed E-state index contributed by atoms with van der Waals surface area (Å²) in [5.41, 5.74) is 34.6. The van der Waals surface area contributed by atoms with Gasteiger partial charge >= 0.3 is 23.9 Å². The quantitative estimate of drug-likeness (QED) is 0.0274. The van der Waals surface area contributed by atoms with E-state index in [1.807, 2.05) is 0 Å². The van der Waals surface area contributed by atoms with Crippen LogP contribution in [0.4, 0.5) is 0 Å². The summed E-state index contributed by atoms with van der Waals surface area (Å²) in [7, 11) is 0. The zero-order valence-corrected chi connectivity index (χ0v) is 79.1. The van der Waals surface area contributed by atoms with E-state index in [1.54, 1.807) is 34.6 Å². The zero-order valence-electron chi connectivity index (χ0n) is 79.1. The number of nitrogens with zero attached hydrogens (tertiary/aromatic N) is 1. The molecule has 1 aliphatic heterocycles. The van der Waals surface area contributed by atoms with Crippen LogP contribution in [0.5, 0.6) is 11.5 Å². The fraction of sp³-hybridized carbons (Fsp3) is 0.629. The molecule has 17 atom stereocenters. The van der Waals surface area contributed by atoms with Crippen molar-refractivity contribution in [3.63, 3.8) is 0 Å². The van der Waals surface area contributed by atoms with Crippen LogP contribution in [0.25, 0.3) is 0 Å². The first-order valence-corrected chi connectivity index (χ1v) is 46.0. The third kappa shape index (κ3) is 43.0. The number of hydrogen-bond acceptors (Lipinski definition) is 28. The van der Waals surface area contributed by atoms with Crippen LogP contribution in [0, 0.1) is 23.7 Å². The van der Waals surface area contributed by atoms with Gasteiger partial charge in [-0.2, -0.15) is 0 Å². The Morgan fingerprint density at radius 2 is 0.717 bits per heavy atom. The van der Waals surface area contributed by atoms with Gasteiger partial charge in [-0.3, -0.25) is 95.9 Å². The Morgan fingerprint density at radius 1 is 0.377 bits per heavy atom. The number of aliphatic hydroxyl groups is 1. The number of unbranched alkanes of at least 4 members (excludes halogenated alkanes) is 3. The fourth-order valence-corrected chi connectivity index (χ4v) is 14.7. The molecule has 1 heterocycles. The third-order valence-electron chi connectivity index (χ3n) is 22.5. The number of carbonyl (C=O) groups excluding carboxylic acids is 17. The molecule has 17 amide bonds. The van der Waals surface area contributed by atoms with Crippen molar-refractivity contribution in [1.29, 1.82) is 0 Å². The minimum atomic E-state index is -2.03. The minimum absolute atomic E-state index is 0.00733. The molecule has 0 spiro atoms. The standard InChI is InChI=1S/C89H141N21O28/c1-9-48(8)73(87(135)99-55(18-11-14-34-91)76(124)96-54(17-10-13-33-90)75(123)97-56(29-31-69(116)117)77(125)103-61(39-49-21-25-51(112)26-22-49)81(129)104-62(42-68(95)115)83(131)108-72(47(6)7)86(134)100-58(89(137)138)19-12-15-35-92)109-78(126)57(30-32-70(118)119)98-84(132)65(44-111)107-80(128)60(38-46(4)5)102-82(130)63(43-71(120)121)105-85(133)66-20-16-36-110(66)88(136)64(40-50-23-27-52(113)28-24-50)106-79(127)59(37-45(2)3)101-74(122)53(93)41-67(94)114/h21-28,45-48,53-66,72-73,111-113H,9-20,29-44,90-93H2,1-8H3,(H2,94,114)(H2,95,115)(H,96,124)(H,97,123)(H,98,132)(H,99,135)(H,100,134)(H,101,122)(H,102,130)(H,103,125)(H,104,129)(H,105,133)(H,106,127)(H,107,128)(H,108,131)(H,109,126)(H,116,117)(H,118,119)(H,120,121)(H,137,138)/t48-,53-,54-,55-,56-,57-,58-,59-,60-,61-,62-,63-,64-,65-,66-,72-,73-/m0/s1. The lowest BCUT2D eigenvalue weighted by Gasteiger charge is -2.31. The molecular formula is C89H141N21O28. The van der Waals surface area contributed by atoms with E-state index in [1.165, 1.54) is 69.3 Å². The van der Waals surface area contributed by atoms with Crippen LogP contribution >= 0.6 is 0 Å². The van der Waals surface area contributed by atoms with E-state index in [4.69, 9.17) is 34.4 Å². The highest BCUT2D eigenvalue weighted by Crippen LogP contribution is 2.24. The van der Waals surface area contributed by atoms with Crippen molar-refractivity contribution in [2.75, 3.05) is 32.8 Å².